The van der Waals surface area contributed by atoms with Crippen LogP contribution in [0, 0.1) is 23.4 Å². The van der Waals surface area contributed by atoms with E-state index in [9.17, 15) is 23.1 Å². The number of ketones is 1. The fourth-order valence-corrected chi connectivity index (χ4v) is 5.38. The Morgan fingerprint density at radius 1 is 1.08 bits per heavy atom. The van der Waals surface area contributed by atoms with Crippen molar-refractivity contribution in [2.24, 2.45) is 11.7 Å². The molecule has 8 heteroatoms. The standard InChI is InChI=1S/C29H32F3N3O2/c1-16-8-18(12-20(33)9-16)21-6-7-34-15-19(21)13-26(36)25-5-4-22(30)28(35-25)27-23(31)10-17(11-24(27)32)14-29(2,3)37/h4-7,10-11,15-16,18,20,37H,8-9,12-14,33H2,1-3H3/t16-,18+,20-/m0/s1. The predicted octanol–water partition coefficient (Wildman–Crippen LogP) is 5.53. The third-order valence-corrected chi connectivity index (χ3v) is 6.82. The molecule has 0 aliphatic heterocycles. The topological polar surface area (TPSA) is 89.1 Å². The van der Waals surface area contributed by atoms with Crippen molar-refractivity contribution in [2.45, 2.75) is 70.4 Å². The van der Waals surface area contributed by atoms with Gasteiger partial charge in [0.1, 0.15) is 28.8 Å². The number of rotatable bonds is 7. The van der Waals surface area contributed by atoms with E-state index in [2.05, 4.69) is 16.9 Å². The molecule has 3 aromatic rings. The summed E-state index contributed by atoms with van der Waals surface area (Å²) >= 11 is 0. The number of benzene rings is 1. The quantitative estimate of drug-likeness (QED) is 0.407. The highest BCUT2D eigenvalue weighted by Crippen LogP contribution is 2.37. The Morgan fingerprint density at radius 3 is 2.43 bits per heavy atom. The average Bonchev–Trinajstić information content (AvgIpc) is 2.78. The number of hydrogen-bond acceptors (Lipinski definition) is 5. The predicted molar refractivity (Wildman–Crippen MR) is 136 cm³/mol. The summed E-state index contributed by atoms with van der Waals surface area (Å²) in [6, 6.07) is 6.29. The number of carbonyl (C=O) groups is 1. The number of pyridine rings is 2. The SMILES string of the molecule is C[C@@H]1C[C@H](N)C[C@H](c2ccncc2CC(=O)c2ccc(F)c(-c3c(F)cc(CC(C)(C)O)cc3F)n2)C1. The highest BCUT2D eigenvalue weighted by atomic mass is 19.1. The molecular formula is C29H32F3N3O2. The van der Waals surface area contributed by atoms with Crippen LogP contribution in [-0.4, -0.2) is 32.5 Å². The number of hydrogen-bond donors (Lipinski definition) is 2. The lowest BCUT2D eigenvalue weighted by molar-refractivity contribution is 0.0808. The zero-order chi connectivity index (χ0) is 26.9. The van der Waals surface area contributed by atoms with Crippen LogP contribution in [0.2, 0.25) is 0 Å². The zero-order valence-electron chi connectivity index (χ0n) is 21.3. The van der Waals surface area contributed by atoms with Crippen LogP contribution in [0.25, 0.3) is 11.3 Å². The summed E-state index contributed by atoms with van der Waals surface area (Å²) in [6.45, 7) is 5.20. The molecule has 0 spiro atoms. The largest absolute Gasteiger partial charge is 0.390 e. The Labute approximate surface area is 215 Å². The molecule has 5 nitrogen and oxygen atoms in total. The van der Waals surface area contributed by atoms with Crippen LogP contribution in [0.1, 0.15) is 73.1 Å². The second-order valence-electron chi connectivity index (χ2n) is 10.9. The van der Waals surface area contributed by atoms with Gasteiger partial charge < -0.3 is 10.8 Å². The van der Waals surface area contributed by atoms with Gasteiger partial charge in [0.2, 0.25) is 0 Å². The molecule has 1 saturated carbocycles. The number of aliphatic hydroxyl groups is 1. The van der Waals surface area contributed by atoms with Gasteiger partial charge in [-0.2, -0.15) is 0 Å². The van der Waals surface area contributed by atoms with E-state index in [0.717, 1.165) is 48.6 Å². The molecule has 0 amide bonds. The summed E-state index contributed by atoms with van der Waals surface area (Å²) in [6.07, 6.45) is 6.05. The lowest BCUT2D eigenvalue weighted by Crippen LogP contribution is -2.31. The van der Waals surface area contributed by atoms with E-state index in [-0.39, 0.29) is 36.1 Å². The molecule has 2 heterocycles. The maximum atomic E-state index is 14.9. The summed E-state index contributed by atoms with van der Waals surface area (Å²) < 4.78 is 44.5. The van der Waals surface area contributed by atoms with Gasteiger partial charge in [-0.1, -0.05) is 6.92 Å². The average molecular weight is 512 g/mol. The fourth-order valence-electron chi connectivity index (χ4n) is 5.38. The molecule has 1 aromatic carbocycles. The number of aromatic nitrogens is 2. The molecule has 3 N–H and O–H groups in total. The van der Waals surface area contributed by atoms with Crippen LogP contribution in [0.5, 0.6) is 0 Å². The van der Waals surface area contributed by atoms with Gasteiger partial charge in [-0.3, -0.25) is 9.78 Å². The Hall–Kier alpha value is -3.10. The fraction of sp³-hybridized carbons (Fsp3) is 0.414. The Bertz CT molecular complexity index is 1270. The summed E-state index contributed by atoms with van der Waals surface area (Å²) in [7, 11) is 0. The Balaban J connectivity index is 1.63. The number of nitrogens with two attached hydrogens (primary N) is 1. The monoisotopic (exact) mass is 511 g/mol. The summed E-state index contributed by atoms with van der Waals surface area (Å²) in [5.74, 6) is -2.74. The first kappa shape index (κ1) is 26.9. The number of halogens is 3. The first-order valence-electron chi connectivity index (χ1n) is 12.5. The third-order valence-electron chi connectivity index (χ3n) is 6.82. The van der Waals surface area contributed by atoms with E-state index < -0.39 is 40.1 Å². The van der Waals surface area contributed by atoms with E-state index >= 15 is 0 Å². The molecule has 37 heavy (non-hydrogen) atoms. The first-order chi connectivity index (χ1) is 17.4. The van der Waals surface area contributed by atoms with Crippen molar-refractivity contribution in [1.29, 1.82) is 0 Å². The second-order valence-corrected chi connectivity index (χ2v) is 10.9. The van der Waals surface area contributed by atoms with Crippen LogP contribution in [0.15, 0.2) is 42.7 Å². The molecule has 0 bridgehead atoms. The molecule has 4 rings (SSSR count). The van der Waals surface area contributed by atoms with E-state index in [1.807, 2.05) is 6.07 Å². The maximum Gasteiger partial charge on any atom is 0.185 e. The molecule has 196 valence electrons. The highest BCUT2D eigenvalue weighted by molar-refractivity contribution is 5.96. The van der Waals surface area contributed by atoms with Crippen LogP contribution < -0.4 is 5.73 Å². The van der Waals surface area contributed by atoms with Gasteiger partial charge in [0.25, 0.3) is 0 Å². The zero-order valence-corrected chi connectivity index (χ0v) is 21.3. The summed E-state index contributed by atoms with van der Waals surface area (Å²) in [5, 5.41) is 9.97. The minimum Gasteiger partial charge on any atom is -0.390 e. The van der Waals surface area contributed by atoms with E-state index in [1.165, 1.54) is 19.9 Å². The van der Waals surface area contributed by atoms with E-state index in [0.29, 0.717) is 5.92 Å². The lowest BCUT2D eigenvalue weighted by Gasteiger charge is -2.32. The Kier molecular flexibility index (Phi) is 7.80. The van der Waals surface area contributed by atoms with E-state index in [1.54, 1.807) is 12.4 Å². The van der Waals surface area contributed by atoms with Crippen molar-refractivity contribution in [1.82, 2.24) is 9.97 Å². The molecule has 2 aromatic heterocycles. The second kappa shape index (κ2) is 10.7. The van der Waals surface area contributed by atoms with Crippen molar-refractivity contribution in [3.05, 3.63) is 82.6 Å². The van der Waals surface area contributed by atoms with Gasteiger partial charge in [-0.05, 0) is 92.0 Å². The van der Waals surface area contributed by atoms with Gasteiger partial charge in [0, 0.05) is 31.3 Å². The normalized spacial score (nSPS) is 20.2. The number of nitrogens with zero attached hydrogens (tertiary/aromatic N) is 2. The van der Waals surface area contributed by atoms with Crippen molar-refractivity contribution in [3.63, 3.8) is 0 Å². The molecule has 1 fully saturated rings. The molecule has 0 saturated heterocycles. The number of Topliss-reactive ketones (excluding diaryl/α,β-unsaturated/α-hetero) is 1. The molecular weight excluding hydrogens is 479 g/mol. The highest BCUT2D eigenvalue weighted by Gasteiger charge is 2.28. The Morgan fingerprint density at radius 2 is 1.78 bits per heavy atom. The van der Waals surface area contributed by atoms with Crippen molar-refractivity contribution >= 4 is 5.78 Å². The van der Waals surface area contributed by atoms with Crippen LogP contribution in [0.3, 0.4) is 0 Å². The number of carbonyl (C=O) groups excluding carboxylic acids is 1. The molecule has 1 aliphatic carbocycles. The summed E-state index contributed by atoms with van der Waals surface area (Å²) in [4.78, 5) is 21.4. The third kappa shape index (κ3) is 6.43. The van der Waals surface area contributed by atoms with Gasteiger partial charge >= 0.3 is 0 Å². The maximum absolute atomic E-state index is 14.9. The molecule has 0 radical (unpaired) electrons. The van der Waals surface area contributed by atoms with Gasteiger partial charge in [-0.15, -0.1) is 0 Å². The van der Waals surface area contributed by atoms with Crippen molar-refractivity contribution < 1.29 is 23.1 Å². The molecule has 1 aliphatic rings. The smallest absolute Gasteiger partial charge is 0.185 e. The molecule has 3 atom stereocenters. The summed E-state index contributed by atoms with van der Waals surface area (Å²) in [5.41, 5.74) is 5.70. The van der Waals surface area contributed by atoms with Crippen LogP contribution >= 0.6 is 0 Å². The van der Waals surface area contributed by atoms with Gasteiger partial charge in [0.15, 0.2) is 5.78 Å². The van der Waals surface area contributed by atoms with Crippen LogP contribution in [0.4, 0.5) is 13.2 Å². The minimum atomic E-state index is -1.18. The molecule has 0 unspecified atom stereocenters. The van der Waals surface area contributed by atoms with Gasteiger partial charge in [0.05, 0.1) is 11.2 Å². The van der Waals surface area contributed by atoms with E-state index in [4.69, 9.17) is 5.73 Å². The van der Waals surface area contributed by atoms with Gasteiger partial charge in [-0.25, -0.2) is 18.2 Å². The first-order valence-corrected chi connectivity index (χ1v) is 12.5. The minimum absolute atomic E-state index is 0.00761. The van der Waals surface area contributed by atoms with Crippen LogP contribution in [-0.2, 0) is 12.8 Å². The van der Waals surface area contributed by atoms with Crippen molar-refractivity contribution in [3.8, 4) is 11.3 Å². The van der Waals surface area contributed by atoms with Crippen molar-refractivity contribution in [2.75, 3.05) is 0 Å². The lowest BCUT2D eigenvalue weighted by atomic mass is 9.75.